The molecule has 0 spiro atoms. The normalized spacial score (nSPS) is 18.7. The van der Waals surface area contributed by atoms with Crippen molar-refractivity contribution in [2.45, 2.75) is 25.3 Å². The van der Waals surface area contributed by atoms with Gasteiger partial charge in [0.05, 0.1) is 17.8 Å². The fourth-order valence-corrected chi connectivity index (χ4v) is 2.91. The number of ether oxygens (including phenoxy) is 1. The van der Waals surface area contributed by atoms with Crippen LogP contribution in [0, 0.1) is 0 Å². The van der Waals surface area contributed by atoms with Crippen LogP contribution in [0.25, 0.3) is 0 Å². The first-order chi connectivity index (χ1) is 9.54. The number of esters is 1. The molecule has 0 saturated carbocycles. The molecule has 0 aliphatic carbocycles. The Balaban J connectivity index is 2.32. The quantitative estimate of drug-likeness (QED) is 0.686. The number of hydrogen-bond acceptors (Lipinski definition) is 4. The van der Waals surface area contributed by atoms with Crippen molar-refractivity contribution in [3.05, 3.63) is 28.8 Å². The van der Waals surface area contributed by atoms with Crippen molar-refractivity contribution in [3.63, 3.8) is 0 Å². The molecular weight excluding hydrogens is 296 g/mol. The summed E-state index contributed by atoms with van der Waals surface area (Å²) in [6.45, 7) is 0.784. The summed E-state index contributed by atoms with van der Waals surface area (Å²) in [5.41, 5.74) is 7.14. The van der Waals surface area contributed by atoms with Crippen molar-refractivity contribution in [1.82, 2.24) is 0 Å². The van der Waals surface area contributed by atoms with Crippen LogP contribution in [0.3, 0.4) is 0 Å². The standard InChI is InChI=1S/C14H17ClN2O2S/c1-19-14(18)12-4-2-3-7-17(12)11-6-5-9(13(16)20)8-10(11)15/h5-6,8,12H,2-4,7H2,1H3,(H2,16,20). The van der Waals surface area contributed by atoms with Crippen LogP contribution in [0.5, 0.6) is 0 Å². The van der Waals surface area contributed by atoms with E-state index in [1.54, 1.807) is 6.07 Å². The van der Waals surface area contributed by atoms with Crippen molar-refractivity contribution >= 4 is 40.5 Å². The number of hydrogen-bond donors (Lipinski definition) is 1. The summed E-state index contributed by atoms with van der Waals surface area (Å²) in [5.74, 6) is -0.223. The topological polar surface area (TPSA) is 55.6 Å². The second kappa shape index (κ2) is 6.41. The number of nitrogens with zero attached hydrogens (tertiary/aromatic N) is 1. The third kappa shape index (κ3) is 3.04. The summed E-state index contributed by atoms with van der Waals surface area (Å²) < 4.78 is 4.88. The monoisotopic (exact) mass is 312 g/mol. The Morgan fingerprint density at radius 2 is 2.25 bits per heavy atom. The molecule has 108 valence electrons. The molecule has 1 heterocycles. The zero-order valence-corrected chi connectivity index (χ0v) is 12.8. The van der Waals surface area contributed by atoms with E-state index in [1.807, 2.05) is 17.0 Å². The molecule has 1 atom stereocenters. The number of carbonyl (C=O) groups is 1. The Labute approximate surface area is 128 Å². The zero-order chi connectivity index (χ0) is 14.7. The number of rotatable bonds is 3. The molecule has 1 aliphatic heterocycles. The Hall–Kier alpha value is -1.33. The smallest absolute Gasteiger partial charge is 0.328 e. The lowest BCUT2D eigenvalue weighted by Gasteiger charge is -2.36. The highest BCUT2D eigenvalue weighted by Gasteiger charge is 2.30. The lowest BCUT2D eigenvalue weighted by Crippen LogP contribution is -2.45. The predicted molar refractivity (Wildman–Crippen MR) is 84.3 cm³/mol. The molecule has 0 amide bonds. The van der Waals surface area contributed by atoms with E-state index in [4.69, 9.17) is 34.3 Å². The highest BCUT2D eigenvalue weighted by Crippen LogP contribution is 2.32. The minimum Gasteiger partial charge on any atom is -0.467 e. The summed E-state index contributed by atoms with van der Waals surface area (Å²) in [5, 5.41) is 0.547. The fourth-order valence-electron chi connectivity index (χ4n) is 2.49. The van der Waals surface area contributed by atoms with Gasteiger partial charge in [0.1, 0.15) is 11.0 Å². The van der Waals surface area contributed by atoms with Gasteiger partial charge in [-0.15, -0.1) is 0 Å². The van der Waals surface area contributed by atoms with E-state index in [0.717, 1.165) is 37.1 Å². The molecule has 2 N–H and O–H groups in total. The van der Waals surface area contributed by atoms with E-state index < -0.39 is 0 Å². The zero-order valence-electron chi connectivity index (χ0n) is 11.3. The van der Waals surface area contributed by atoms with Gasteiger partial charge in [-0.25, -0.2) is 4.79 Å². The number of methoxy groups -OCH3 is 1. The van der Waals surface area contributed by atoms with Gasteiger partial charge in [0.25, 0.3) is 0 Å². The Morgan fingerprint density at radius 1 is 1.50 bits per heavy atom. The molecule has 1 fully saturated rings. The predicted octanol–water partition coefficient (Wildman–Crippen LogP) is 2.51. The van der Waals surface area contributed by atoms with Gasteiger partial charge in [-0.05, 0) is 37.5 Å². The first-order valence-corrected chi connectivity index (χ1v) is 7.27. The SMILES string of the molecule is COC(=O)C1CCCCN1c1ccc(C(N)=S)cc1Cl. The van der Waals surface area contributed by atoms with Gasteiger partial charge in [0.2, 0.25) is 0 Å². The maximum absolute atomic E-state index is 11.9. The van der Waals surface area contributed by atoms with Gasteiger partial charge in [-0.2, -0.15) is 0 Å². The van der Waals surface area contributed by atoms with Crippen molar-refractivity contribution < 1.29 is 9.53 Å². The fraction of sp³-hybridized carbons (Fsp3) is 0.429. The molecule has 1 aromatic rings. The van der Waals surface area contributed by atoms with Gasteiger partial charge < -0.3 is 15.4 Å². The molecule has 2 rings (SSSR count). The van der Waals surface area contributed by atoms with E-state index in [9.17, 15) is 4.79 Å². The van der Waals surface area contributed by atoms with Gasteiger partial charge in [0.15, 0.2) is 0 Å². The van der Waals surface area contributed by atoms with Crippen LogP contribution in [0.4, 0.5) is 5.69 Å². The van der Waals surface area contributed by atoms with Crippen LogP contribution < -0.4 is 10.6 Å². The summed E-state index contributed by atoms with van der Waals surface area (Å²) in [6.07, 6.45) is 2.82. The number of thiocarbonyl (C=S) groups is 1. The van der Waals surface area contributed by atoms with Gasteiger partial charge in [-0.3, -0.25) is 0 Å². The number of piperidine rings is 1. The van der Waals surface area contributed by atoms with E-state index in [0.29, 0.717) is 10.0 Å². The minimum absolute atomic E-state index is 0.223. The molecule has 1 saturated heterocycles. The average Bonchev–Trinajstić information content (AvgIpc) is 2.46. The second-order valence-electron chi connectivity index (χ2n) is 4.76. The number of anilines is 1. The molecule has 20 heavy (non-hydrogen) atoms. The number of nitrogens with two attached hydrogens (primary N) is 1. The number of benzene rings is 1. The van der Waals surface area contributed by atoms with Crippen LogP contribution >= 0.6 is 23.8 Å². The van der Waals surface area contributed by atoms with E-state index in [-0.39, 0.29) is 12.0 Å². The molecule has 0 radical (unpaired) electrons. The van der Waals surface area contributed by atoms with Crippen LogP contribution in [-0.4, -0.2) is 30.7 Å². The average molecular weight is 313 g/mol. The summed E-state index contributed by atoms with van der Waals surface area (Å²) in [6, 6.07) is 5.15. The molecular formula is C14H17ClN2O2S. The van der Waals surface area contributed by atoms with Crippen molar-refractivity contribution in [3.8, 4) is 0 Å². The van der Waals surface area contributed by atoms with Gasteiger partial charge >= 0.3 is 5.97 Å². The van der Waals surface area contributed by atoms with Crippen LogP contribution in [0.2, 0.25) is 5.02 Å². The lowest BCUT2D eigenvalue weighted by molar-refractivity contribution is -0.142. The molecule has 1 aliphatic rings. The van der Waals surface area contributed by atoms with Gasteiger partial charge in [-0.1, -0.05) is 23.8 Å². The lowest BCUT2D eigenvalue weighted by atomic mass is 10.0. The highest BCUT2D eigenvalue weighted by atomic mass is 35.5. The summed E-state index contributed by atoms with van der Waals surface area (Å²) in [7, 11) is 1.41. The van der Waals surface area contributed by atoms with E-state index in [2.05, 4.69) is 0 Å². The van der Waals surface area contributed by atoms with Crippen molar-refractivity contribution in [2.24, 2.45) is 5.73 Å². The van der Waals surface area contributed by atoms with Crippen molar-refractivity contribution in [2.75, 3.05) is 18.6 Å². The molecule has 4 nitrogen and oxygen atoms in total. The van der Waals surface area contributed by atoms with Crippen molar-refractivity contribution in [1.29, 1.82) is 0 Å². The first kappa shape index (κ1) is 15.1. The highest BCUT2D eigenvalue weighted by molar-refractivity contribution is 7.80. The third-order valence-electron chi connectivity index (χ3n) is 3.52. The third-order valence-corrected chi connectivity index (χ3v) is 4.06. The van der Waals surface area contributed by atoms with Crippen LogP contribution in [0.1, 0.15) is 24.8 Å². The number of carbonyl (C=O) groups excluding carboxylic acids is 1. The number of halogens is 1. The summed E-state index contributed by atoms with van der Waals surface area (Å²) >= 11 is 11.2. The molecule has 0 aromatic heterocycles. The maximum Gasteiger partial charge on any atom is 0.328 e. The maximum atomic E-state index is 11.9. The second-order valence-corrected chi connectivity index (χ2v) is 5.61. The Bertz CT molecular complexity index is 536. The Morgan fingerprint density at radius 3 is 2.85 bits per heavy atom. The summed E-state index contributed by atoms with van der Waals surface area (Å²) in [4.78, 5) is 14.2. The van der Waals surface area contributed by atoms with E-state index >= 15 is 0 Å². The largest absolute Gasteiger partial charge is 0.467 e. The van der Waals surface area contributed by atoms with Crippen LogP contribution in [-0.2, 0) is 9.53 Å². The molecule has 6 heteroatoms. The molecule has 0 bridgehead atoms. The first-order valence-electron chi connectivity index (χ1n) is 6.48. The van der Waals surface area contributed by atoms with E-state index in [1.165, 1.54) is 7.11 Å². The van der Waals surface area contributed by atoms with Crippen LogP contribution in [0.15, 0.2) is 18.2 Å². The van der Waals surface area contributed by atoms with Gasteiger partial charge in [0, 0.05) is 12.1 Å². The molecule has 1 unspecified atom stereocenters. The molecule has 1 aromatic carbocycles. The Kier molecular flexibility index (Phi) is 4.83. The minimum atomic E-state index is -0.276.